The van der Waals surface area contributed by atoms with Crippen LogP contribution in [-0.4, -0.2) is 46.3 Å². The molecule has 1 unspecified atom stereocenters. The molecule has 0 radical (unpaired) electrons. The number of carbonyl (C=O) groups excluding carboxylic acids is 2. The number of nitrogens with zero attached hydrogens (tertiary/aromatic N) is 3. The maximum absolute atomic E-state index is 12.8. The van der Waals surface area contributed by atoms with Crippen LogP contribution in [0.1, 0.15) is 57.4 Å². The van der Waals surface area contributed by atoms with Gasteiger partial charge in [0, 0.05) is 37.1 Å². The summed E-state index contributed by atoms with van der Waals surface area (Å²) < 4.78 is 0. The summed E-state index contributed by atoms with van der Waals surface area (Å²) >= 11 is 0. The lowest BCUT2D eigenvalue weighted by molar-refractivity contribution is -0.132. The minimum Gasteiger partial charge on any atom is -0.346 e. The van der Waals surface area contributed by atoms with Crippen LogP contribution in [0.15, 0.2) is 24.4 Å². The molecule has 5 rings (SSSR count). The van der Waals surface area contributed by atoms with Crippen molar-refractivity contribution in [2.45, 2.75) is 57.9 Å². The molecule has 2 aromatic heterocycles. The van der Waals surface area contributed by atoms with Gasteiger partial charge in [-0.15, -0.1) is 0 Å². The van der Waals surface area contributed by atoms with Crippen LogP contribution in [0.5, 0.6) is 0 Å². The molecule has 0 spiro atoms. The van der Waals surface area contributed by atoms with Gasteiger partial charge in [0.15, 0.2) is 0 Å². The third-order valence-corrected chi connectivity index (χ3v) is 6.99. The van der Waals surface area contributed by atoms with E-state index in [1.807, 2.05) is 11.1 Å². The minimum absolute atomic E-state index is 0.241. The zero-order valence-electron chi connectivity index (χ0n) is 17.6. The van der Waals surface area contributed by atoms with Gasteiger partial charge in [0.2, 0.25) is 12.3 Å². The fraction of sp³-hybridized carbons (Fsp3) is 0.542. The van der Waals surface area contributed by atoms with Crippen LogP contribution >= 0.6 is 0 Å². The first-order chi connectivity index (χ1) is 14.6. The van der Waals surface area contributed by atoms with Crippen molar-refractivity contribution in [2.24, 2.45) is 11.8 Å². The first-order valence-corrected chi connectivity index (χ1v) is 11.3. The topological polar surface area (TPSA) is 69.3 Å². The second-order valence-corrected chi connectivity index (χ2v) is 9.23. The summed E-state index contributed by atoms with van der Waals surface area (Å²) in [7, 11) is 0. The SMILES string of the molecule is CC1CN(C(=O)CC2CCCC2)CC=C1c1cc(N(C=O)C2CC2)nc2[nH]ccc12. The number of amides is 2. The molecule has 3 aliphatic rings. The summed E-state index contributed by atoms with van der Waals surface area (Å²) in [6.07, 6.45) is 12.7. The number of nitrogens with one attached hydrogen (secondary N) is 1. The van der Waals surface area contributed by atoms with Crippen molar-refractivity contribution < 1.29 is 9.59 Å². The van der Waals surface area contributed by atoms with Gasteiger partial charge in [-0.05, 0) is 60.8 Å². The molecule has 2 aromatic rings. The highest BCUT2D eigenvalue weighted by Gasteiger charge is 2.32. The van der Waals surface area contributed by atoms with Gasteiger partial charge in [0.1, 0.15) is 11.5 Å². The molecule has 0 bridgehead atoms. The molecule has 6 nitrogen and oxygen atoms in total. The van der Waals surface area contributed by atoms with E-state index in [1.54, 1.807) is 4.90 Å². The average Bonchev–Trinajstić information content (AvgIpc) is 3.23. The van der Waals surface area contributed by atoms with Gasteiger partial charge in [-0.1, -0.05) is 25.8 Å². The number of anilines is 1. The number of rotatable bonds is 6. The van der Waals surface area contributed by atoms with E-state index in [1.165, 1.54) is 31.3 Å². The second-order valence-electron chi connectivity index (χ2n) is 9.23. The van der Waals surface area contributed by atoms with Crippen molar-refractivity contribution in [1.29, 1.82) is 0 Å². The Morgan fingerprint density at radius 3 is 2.80 bits per heavy atom. The Labute approximate surface area is 177 Å². The van der Waals surface area contributed by atoms with Crippen molar-refractivity contribution in [3.8, 4) is 0 Å². The van der Waals surface area contributed by atoms with Crippen LogP contribution in [0.2, 0.25) is 0 Å². The zero-order chi connectivity index (χ0) is 20.7. The van der Waals surface area contributed by atoms with Gasteiger partial charge in [-0.3, -0.25) is 14.5 Å². The van der Waals surface area contributed by atoms with Crippen LogP contribution in [0, 0.1) is 11.8 Å². The summed E-state index contributed by atoms with van der Waals surface area (Å²) in [6.45, 7) is 3.60. The van der Waals surface area contributed by atoms with Crippen LogP contribution < -0.4 is 4.90 Å². The van der Waals surface area contributed by atoms with E-state index in [2.05, 4.69) is 30.1 Å². The third-order valence-electron chi connectivity index (χ3n) is 6.99. The molecule has 2 aliphatic carbocycles. The number of hydrogen-bond donors (Lipinski definition) is 1. The van der Waals surface area contributed by atoms with Gasteiger partial charge in [-0.2, -0.15) is 0 Å². The maximum Gasteiger partial charge on any atom is 0.223 e. The lowest BCUT2D eigenvalue weighted by atomic mass is 9.89. The van der Waals surface area contributed by atoms with Gasteiger partial charge >= 0.3 is 0 Å². The summed E-state index contributed by atoms with van der Waals surface area (Å²) in [4.78, 5) is 36.2. The number of H-pyrrole nitrogens is 1. The summed E-state index contributed by atoms with van der Waals surface area (Å²) in [6, 6.07) is 4.38. The number of aromatic nitrogens is 2. The number of hydrogen-bond acceptors (Lipinski definition) is 3. The van der Waals surface area contributed by atoms with Crippen LogP contribution in [0.3, 0.4) is 0 Å². The molecule has 3 heterocycles. The molecule has 2 fully saturated rings. The van der Waals surface area contributed by atoms with Crippen molar-refractivity contribution >= 4 is 34.7 Å². The molecule has 2 saturated carbocycles. The Bertz CT molecular complexity index is 984. The Morgan fingerprint density at radius 1 is 1.30 bits per heavy atom. The molecule has 0 aromatic carbocycles. The smallest absolute Gasteiger partial charge is 0.223 e. The van der Waals surface area contributed by atoms with Gasteiger partial charge in [-0.25, -0.2) is 4.98 Å². The van der Waals surface area contributed by atoms with Gasteiger partial charge in [0.25, 0.3) is 0 Å². The van der Waals surface area contributed by atoms with Crippen LogP contribution in [-0.2, 0) is 9.59 Å². The van der Waals surface area contributed by atoms with E-state index in [0.29, 0.717) is 30.6 Å². The van der Waals surface area contributed by atoms with Crippen LogP contribution in [0.25, 0.3) is 16.6 Å². The molecular formula is C24H30N4O2. The quantitative estimate of drug-likeness (QED) is 0.734. The van der Waals surface area contributed by atoms with Gasteiger partial charge < -0.3 is 9.88 Å². The molecule has 30 heavy (non-hydrogen) atoms. The van der Waals surface area contributed by atoms with E-state index < -0.39 is 0 Å². The first kappa shape index (κ1) is 19.3. The lowest BCUT2D eigenvalue weighted by Crippen LogP contribution is -2.38. The summed E-state index contributed by atoms with van der Waals surface area (Å²) in [5.41, 5.74) is 3.18. The van der Waals surface area contributed by atoms with E-state index in [-0.39, 0.29) is 12.0 Å². The number of pyridine rings is 1. The molecule has 158 valence electrons. The third kappa shape index (κ3) is 3.64. The molecule has 0 saturated heterocycles. The fourth-order valence-electron chi connectivity index (χ4n) is 5.16. The number of fused-ring (bicyclic) bond motifs is 1. The molecular weight excluding hydrogens is 376 g/mol. The van der Waals surface area contributed by atoms with E-state index in [4.69, 9.17) is 4.98 Å². The Kier molecular flexibility index (Phi) is 5.09. The Balaban J connectivity index is 1.42. The van der Waals surface area contributed by atoms with Crippen LogP contribution in [0.4, 0.5) is 5.82 Å². The monoisotopic (exact) mass is 406 g/mol. The van der Waals surface area contributed by atoms with Crippen molar-refractivity contribution in [2.75, 3.05) is 18.0 Å². The van der Waals surface area contributed by atoms with Crippen molar-refractivity contribution in [1.82, 2.24) is 14.9 Å². The fourth-order valence-corrected chi connectivity index (χ4v) is 5.16. The highest BCUT2D eigenvalue weighted by atomic mass is 16.2. The van der Waals surface area contributed by atoms with E-state index >= 15 is 0 Å². The predicted octanol–water partition coefficient (Wildman–Crippen LogP) is 4.13. The highest BCUT2D eigenvalue weighted by Crippen LogP contribution is 2.37. The summed E-state index contributed by atoms with van der Waals surface area (Å²) in [5.74, 6) is 1.83. The lowest BCUT2D eigenvalue weighted by Gasteiger charge is -2.32. The Hall–Kier alpha value is -2.63. The largest absolute Gasteiger partial charge is 0.346 e. The van der Waals surface area contributed by atoms with Gasteiger partial charge in [0.05, 0.1) is 0 Å². The molecule has 2 amide bonds. The van der Waals surface area contributed by atoms with E-state index in [0.717, 1.165) is 42.4 Å². The summed E-state index contributed by atoms with van der Waals surface area (Å²) in [5, 5.41) is 1.07. The Morgan fingerprint density at radius 2 is 2.10 bits per heavy atom. The average molecular weight is 407 g/mol. The zero-order valence-corrected chi connectivity index (χ0v) is 17.6. The van der Waals surface area contributed by atoms with E-state index in [9.17, 15) is 9.59 Å². The molecule has 1 aliphatic heterocycles. The minimum atomic E-state index is 0.241. The van der Waals surface area contributed by atoms with Crippen molar-refractivity contribution in [3.63, 3.8) is 0 Å². The number of carbonyl (C=O) groups is 2. The second kappa shape index (κ2) is 7.89. The molecule has 6 heteroatoms. The molecule has 1 atom stereocenters. The molecule has 1 N–H and O–H groups in total. The highest BCUT2D eigenvalue weighted by molar-refractivity contribution is 5.94. The number of aromatic amines is 1. The maximum atomic E-state index is 12.8. The predicted molar refractivity (Wildman–Crippen MR) is 118 cm³/mol. The van der Waals surface area contributed by atoms with Crippen molar-refractivity contribution in [3.05, 3.63) is 30.0 Å². The normalized spacial score (nSPS) is 22.4. The standard InChI is InChI=1S/C24H30N4O2/c1-16-14-27(23(30)12-17-4-2-3-5-17)11-9-19(16)21-13-22(28(15-29)18-6-7-18)26-24-20(21)8-10-25-24/h8-10,13,15-18H,2-7,11-12,14H2,1H3,(H,25,26). The first-order valence-electron chi connectivity index (χ1n) is 11.3.